The quantitative estimate of drug-likeness (QED) is 0.851. The predicted molar refractivity (Wildman–Crippen MR) is 84.0 cm³/mol. The number of carbonyl (C=O) groups excluding carboxylic acids is 1. The standard InChI is InChI=1S/C14H22N2OS2/c1-15(2)10-12-11-18-7-4-6-16(12)14(17)9-13-5-3-8-19-13/h3,5,8,12H,4,6-7,9-11H2,1-2H3/t12-/m1/s1. The number of nitrogens with zero attached hydrogens (tertiary/aromatic N) is 2. The minimum absolute atomic E-state index is 0.289. The molecule has 2 rings (SSSR count). The average Bonchev–Trinajstić information content (AvgIpc) is 2.74. The number of likely N-dealkylation sites (N-methyl/N-ethyl adjacent to an activating group) is 1. The number of carbonyl (C=O) groups is 1. The van der Waals surface area contributed by atoms with Crippen molar-refractivity contribution in [1.82, 2.24) is 9.80 Å². The van der Waals surface area contributed by atoms with Crippen LogP contribution in [0.2, 0.25) is 0 Å². The zero-order valence-electron chi connectivity index (χ0n) is 11.7. The van der Waals surface area contributed by atoms with E-state index in [-0.39, 0.29) is 5.91 Å². The number of thiophene rings is 1. The van der Waals surface area contributed by atoms with Crippen LogP contribution in [-0.2, 0) is 11.2 Å². The molecule has 0 aromatic carbocycles. The van der Waals surface area contributed by atoms with Gasteiger partial charge in [-0.1, -0.05) is 6.07 Å². The monoisotopic (exact) mass is 298 g/mol. The maximum absolute atomic E-state index is 12.5. The lowest BCUT2D eigenvalue weighted by atomic mass is 10.2. The highest BCUT2D eigenvalue weighted by atomic mass is 32.2. The molecule has 3 nitrogen and oxygen atoms in total. The van der Waals surface area contributed by atoms with E-state index in [4.69, 9.17) is 0 Å². The first-order valence-corrected chi connectivity index (χ1v) is 8.74. The SMILES string of the molecule is CN(C)C[C@@H]1CSCCCN1C(=O)Cc1cccs1. The van der Waals surface area contributed by atoms with Crippen LogP contribution in [-0.4, -0.2) is 60.4 Å². The number of thioether (sulfide) groups is 1. The van der Waals surface area contributed by atoms with E-state index in [0.29, 0.717) is 12.5 Å². The van der Waals surface area contributed by atoms with Crippen molar-refractivity contribution < 1.29 is 4.79 Å². The van der Waals surface area contributed by atoms with E-state index in [1.807, 2.05) is 23.2 Å². The highest BCUT2D eigenvalue weighted by Crippen LogP contribution is 2.19. The Morgan fingerprint density at radius 1 is 1.53 bits per heavy atom. The third kappa shape index (κ3) is 4.51. The molecule has 1 aliphatic rings. The van der Waals surface area contributed by atoms with Gasteiger partial charge in [-0.05, 0) is 37.7 Å². The Bertz CT molecular complexity index is 392. The van der Waals surface area contributed by atoms with Crippen molar-refractivity contribution in [2.45, 2.75) is 18.9 Å². The summed E-state index contributed by atoms with van der Waals surface area (Å²) in [6.07, 6.45) is 1.68. The molecule has 1 fully saturated rings. The van der Waals surface area contributed by atoms with Crippen molar-refractivity contribution in [2.24, 2.45) is 0 Å². The van der Waals surface area contributed by atoms with Gasteiger partial charge in [0, 0.05) is 23.7 Å². The van der Waals surface area contributed by atoms with Crippen molar-refractivity contribution in [2.75, 3.05) is 38.7 Å². The fourth-order valence-electron chi connectivity index (χ4n) is 2.39. The molecule has 0 saturated carbocycles. The Morgan fingerprint density at radius 2 is 2.37 bits per heavy atom. The fraction of sp³-hybridized carbons (Fsp3) is 0.643. The van der Waals surface area contributed by atoms with Gasteiger partial charge in [0.05, 0.1) is 12.5 Å². The maximum Gasteiger partial charge on any atom is 0.228 e. The Hall–Kier alpha value is -0.520. The van der Waals surface area contributed by atoms with Crippen LogP contribution in [0.4, 0.5) is 0 Å². The summed E-state index contributed by atoms with van der Waals surface area (Å²) in [4.78, 5) is 18.0. The van der Waals surface area contributed by atoms with Gasteiger partial charge in [0.1, 0.15) is 0 Å². The van der Waals surface area contributed by atoms with Gasteiger partial charge in [-0.3, -0.25) is 4.79 Å². The number of hydrogen-bond acceptors (Lipinski definition) is 4. The molecule has 19 heavy (non-hydrogen) atoms. The minimum Gasteiger partial charge on any atom is -0.337 e. The molecule has 0 bridgehead atoms. The Labute approximate surface area is 124 Å². The summed E-state index contributed by atoms with van der Waals surface area (Å²) in [5, 5.41) is 2.04. The average molecular weight is 298 g/mol. The largest absolute Gasteiger partial charge is 0.337 e. The molecule has 2 heterocycles. The van der Waals surface area contributed by atoms with Crippen molar-refractivity contribution >= 4 is 29.0 Å². The minimum atomic E-state index is 0.289. The van der Waals surface area contributed by atoms with Gasteiger partial charge in [-0.2, -0.15) is 11.8 Å². The molecule has 106 valence electrons. The van der Waals surface area contributed by atoms with E-state index in [2.05, 4.69) is 30.0 Å². The lowest BCUT2D eigenvalue weighted by molar-refractivity contribution is -0.132. The molecule has 1 atom stereocenters. The molecular weight excluding hydrogens is 276 g/mol. The summed E-state index contributed by atoms with van der Waals surface area (Å²) in [5.41, 5.74) is 0. The van der Waals surface area contributed by atoms with Crippen LogP contribution in [0.25, 0.3) is 0 Å². The first-order chi connectivity index (χ1) is 9.16. The zero-order valence-corrected chi connectivity index (χ0v) is 13.3. The molecule has 0 aliphatic carbocycles. The van der Waals surface area contributed by atoms with Crippen molar-refractivity contribution in [1.29, 1.82) is 0 Å². The predicted octanol–water partition coefficient (Wildman–Crippen LogP) is 2.19. The van der Waals surface area contributed by atoms with Gasteiger partial charge in [-0.15, -0.1) is 11.3 Å². The van der Waals surface area contributed by atoms with Gasteiger partial charge in [0.2, 0.25) is 5.91 Å². The lowest BCUT2D eigenvalue weighted by Crippen LogP contribution is -2.47. The normalized spacial score (nSPS) is 20.6. The first-order valence-electron chi connectivity index (χ1n) is 6.71. The molecule has 0 unspecified atom stereocenters. The molecule has 0 N–H and O–H groups in total. The summed E-state index contributed by atoms with van der Waals surface area (Å²) in [5.74, 6) is 2.53. The summed E-state index contributed by atoms with van der Waals surface area (Å²) in [6, 6.07) is 4.42. The maximum atomic E-state index is 12.5. The molecule has 1 aromatic heterocycles. The van der Waals surface area contributed by atoms with Crippen LogP contribution < -0.4 is 0 Å². The van der Waals surface area contributed by atoms with Crippen LogP contribution in [0.5, 0.6) is 0 Å². The molecular formula is C14H22N2OS2. The molecule has 1 aromatic rings. The zero-order chi connectivity index (χ0) is 13.7. The van der Waals surface area contributed by atoms with Gasteiger partial charge in [0.25, 0.3) is 0 Å². The highest BCUT2D eigenvalue weighted by molar-refractivity contribution is 7.99. The van der Waals surface area contributed by atoms with Gasteiger partial charge in [-0.25, -0.2) is 0 Å². The topological polar surface area (TPSA) is 23.6 Å². The van der Waals surface area contributed by atoms with Crippen LogP contribution in [0.1, 0.15) is 11.3 Å². The van der Waals surface area contributed by atoms with Gasteiger partial charge < -0.3 is 9.80 Å². The van der Waals surface area contributed by atoms with Crippen LogP contribution in [0.15, 0.2) is 17.5 Å². The van der Waals surface area contributed by atoms with Crippen LogP contribution >= 0.6 is 23.1 Å². The summed E-state index contributed by atoms with van der Waals surface area (Å²) >= 11 is 3.65. The molecule has 1 amide bonds. The third-order valence-electron chi connectivity index (χ3n) is 3.24. The fourth-order valence-corrected chi connectivity index (χ4v) is 4.15. The van der Waals surface area contributed by atoms with Crippen LogP contribution in [0, 0.1) is 0 Å². The number of hydrogen-bond donors (Lipinski definition) is 0. The van der Waals surface area contributed by atoms with Crippen molar-refractivity contribution in [3.8, 4) is 0 Å². The Kier molecular flexibility index (Phi) is 5.73. The van der Waals surface area contributed by atoms with E-state index < -0.39 is 0 Å². The van der Waals surface area contributed by atoms with E-state index >= 15 is 0 Å². The molecule has 1 aliphatic heterocycles. The molecule has 0 spiro atoms. The second-order valence-corrected chi connectivity index (χ2v) is 7.37. The van der Waals surface area contributed by atoms with E-state index in [1.165, 1.54) is 10.6 Å². The van der Waals surface area contributed by atoms with E-state index in [1.54, 1.807) is 11.3 Å². The van der Waals surface area contributed by atoms with E-state index in [9.17, 15) is 4.79 Å². The van der Waals surface area contributed by atoms with Crippen molar-refractivity contribution in [3.63, 3.8) is 0 Å². The van der Waals surface area contributed by atoms with Crippen LogP contribution in [0.3, 0.4) is 0 Å². The highest BCUT2D eigenvalue weighted by Gasteiger charge is 2.26. The van der Waals surface area contributed by atoms with Gasteiger partial charge >= 0.3 is 0 Å². The number of amides is 1. The lowest BCUT2D eigenvalue weighted by Gasteiger charge is -2.31. The summed E-state index contributed by atoms with van der Waals surface area (Å²) in [6.45, 7) is 1.87. The first kappa shape index (κ1) is 14.9. The second kappa shape index (κ2) is 7.31. The Morgan fingerprint density at radius 3 is 3.05 bits per heavy atom. The summed E-state index contributed by atoms with van der Waals surface area (Å²) in [7, 11) is 4.16. The smallest absolute Gasteiger partial charge is 0.228 e. The molecule has 0 radical (unpaired) electrons. The second-order valence-electron chi connectivity index (χ2n) is 5.19. The molecule has 1 saturated heterocycles. The van der Waals surface area contributed by atoms with Gasteiger partial charge in [0.15, 0.2) is 0 Å². The summed E-state index contributed by atoms with van der Waals surface area (Å²) < 4.78 is 0. The Balaban J connectivity index is 2.01. The van der Waals surface area contributed by atoms with Crippen molar-refractivity contribution in [3.05, 3.63) is 22.4 Å². The number of rotatable bonds is 4. The molecule has 5 heteroatoms. The van der Waals surface area contributed by atoms with E-state index in [0.717, 1.165) is 25.3 Å². The third-order valence-corrected chi connectivity index (χ3v) is 5.31.